The highest BCUT2D eigenvalue weighted by Gasteiger charge is 2.21. The highest BCUT2D eigenvalue weighted by molar-refractivity contribution is 5.93. The van der Waals surface area contributed by atoms with E-state index in [0.29, 0.717) is 37.4 Å². The fourth-order valence-corrected chi connectivity index (χ4v) is 3.12. The number of unbranched alkanes of at least 4 members (excludes halogenated alkanes) is 1. The van der Waals surface area contributed by atoms with Crippen molar-refractivity contribution in [3.8, 4) is 0 Å². The third kappa shape index (κ3) is 6.58. The number of nitro groups is 1. The normalized spacial score (nSPS) is 15.2. The van der Waals surface area contributed by atoms with E-state index < -0.39 is 4.92 Å². The van der Waals surface area contributed by atoms with Gasteiger partial charge in [-0.2, -0.15) is 0 Å². The Balaban J connectivity index is 1.76. The standard InChI is InChI=1S/C19H29N5O4/c1-3-4-8-20-18(25)13-22-9-11-23(12-10-22)14-19(26)21-16-6-5-7-17(15(16)2)24(27)28/h5-7H,3-4,8-14H2,1-2H3,(H,20,25)(H,21,26). The molecule has 9 nitrogen and oxygen atoms in total. The molecule has 2 rings (SSSR count). The smallest absolute Gasteiger partial charge is 0.274 e. The number of piperazine rings is 1. The molecule has 1 saturated heterocycles. The van der Waals surface area contributed by atoms with E-state index in [-0.39, 0.29) is 24.0 Å². The van der Waals surface area contributed by atoms with Crippen LogP contribution in [0.4, 0.5) is 11.4 Å². The van der Waals surface area contributed by atoms with Crippen LogP contribution in [0.3, 0.4) is 0 Å². The molecule has 0 radical (unpaired) electrons. The SMILES string of the molecule is CCCCNC(=O)CN1CCN(CC(=O)Nc2cccc([N+](=O)[O-])c2C)CC1. The fraction of sp³-hybridized carbons (Fsp3) is 0.579. The maximum absolute atomic E-state index is 12.3. The number of hydrogen-bond donors (Lipinski definition) is 2. The number of nitro benzene ring substituents is 1. The number of hydrogen-bond acceptors (Lipinski definition) is 6. The molecule has 0 spiro atoms. The first-order valence-corrected chi connectivity index (χ1v) is 9.66. The van der Waals surface area contributed by atoms with Crippen molar-refractivity contribution in [2.45, 2.75) is 26.7 Å². The van der Waals surface area contributed by atoms with Gasteiger partial charge in [0.15, 0.2) is 0 Å². The van der Waals surface area contributed by atoms with Crippen molar-refractivity contribution < 1.29 is 14.5 Å². The average molecular weight is 391 g/mol. The fourth-order valence-electron chi connectivity index (χ4n) is 3.12. The molecule has 0 aromatic heterocycles. The van der Waals surface area contributed by atoms with Crippen molar-refractivity contribution in [3.63, 3.8) is 0 Å². The highest BCUT2D eigenvalue weighted by Crippen LogP contribution is 2.24. The first-order valence-electron chi connectivity index (χ1n) is 9.66. The van der Waals surface area contributed by atoms with Gasteiger partial charge in [0.1, 0.15) is 0 Å². The predicted octanol–water partition coefficient (Wildman–Crippen LogP) is 1.38. The van der Waals surface area contributed by atoms with Gasteiger partial charge < -0.3 is 10.6 Å². The zero-order valence-corrected chi connectivity index (χ0v) is 16.6. The van der Waals surface area contributed by atoms with E-state index in [9.17, 15) is 19.7 Å². The van der Waals surface area contributed by atoms with Gasteiger partial charge in [-0.3, -0.25) is 29.5 Å². The number of rotatable bonds is 9. The molecule has 1 aliphatic rings. The van der Waals surface area contributed by atoms with Crippen LogP contribution in [0.15, 0.2) is 18.2 Å². The number of benzene rings is 1. The Kier molecular flexibility index (Phi) is 8.34. The molecule has 0 atom stereocenters. The molecule has 1 fully saturated rings. The van der Waals surface area contributed by atoms with Crippen molar-refractivity contribution in [2.75, 3.05) is 51.1 Å². The third-order valence-electron chi connectivity index (χ3n) is 4.83. The van der Waals surface area contributed by atoms with Crippen LogP contribution in [0.25, 0.3) is 0 Å². The summed E-state index contributed by atoms with van der Waals surface area (Å²) in [7, 11) is 0. The Bertz CT molecular complexity index is 702. The molecule has 0 aliphatic carbocycles. The molecule has 0 unspecified atom stereocenters. The number of amides is 2. The van der Waals surface area contributed by atoms with Gasteiger partial charge in [-0.25, -0.2) is 0 Å². The van der Waals surface area contributed by atoms with Gasteiger partial charge in [0, 0.05) is 38.8 Å². The van der Waals surface area contributed by atoms with Gasteiger partial charge in [-0.1, -0.05) is 19.4 Å². The van der Waals surface area contributed by atoms with Crippen molar-refractivity contribution in [2.24, 2.45) is 0 Å². The molecule has 1 aromatic rings. The molecule has 1 heterocycles. The van der Waals surface area contributed by atoms with Crippen LogP contribution in [-0.2, 0) is 9.59 Å². The largest absolute Gasteiger partial charge is 0.355 e. The van der Waals surface area contributed by atoms with Crippen LogP contribution < -0.4 is 10.6 Å². The van der Waals surface area contributed by atoms with Crippen LogP contribution in [0.2, 0.25) is 0 Å². The van der Waals surface area contributed by atoms with E-state index in [1.807, 2.05) is 4.90 Å². The first kappa shape index (κ1) is 21.8. The van der Waals surface area contributed by atoms with Gasteiger partial charge in [0.25, 0.3) is 5.69 Å². The van der Waals surface area contributed by atoms with E-state index in [1.54, 1.807) is 19.1 Å². The second-order valence-corrected chi connectivity index (χ2v) is 7.01. The zero-order chi connectivity index (χ0) is 20.5. The minimum Gasteiger partial charge on any atom is -0.355 e. The topological polar surface area (TPSA) is 108 Å². The van der Waals surface area contributed by atoms with E-state index in [1.165, 1.54) is 6.07 Å². The van der Waals surface area contributed by atoms with Crippen molar-refractivity contribution in [1.82, 2.24) is 15.1 Å². The van der Waals surface area contributed by atoms with E-state index in [4.69, 9.17) is 0 Å². The van der Waals surface area contributed by atoms with Crippen LogP contribution in [0.1, 0.15) is 25.3 Å². The van der Waals surface area contributed by atoms with Gasteiger partial charge in [-0.15, -0.1) is 0 Å². The summed E-state index contributed by atoms with van der Waals surface area (Å²) in [6.45, 7) is 7.88. The summed E-state index contributed by atoms with van der Waals surface area (Å²) in [6, 6.07) is 4.64. The second-order valence-electron chi connectivity index (χ2n) is 7.01. The summed E-state index contributed by atoms with van der Waals surface area (Å²) in [5.41, 5.74) is 0.893. The summed E-state index contributed by atoms with van der Waals surface area (Å²) in [5.74, 6) is -0.157. The zero-order valence-electron chi connectivity index (χ0n) is 16.6. The molecular formula is C19H29N5O4. The Morgan fingerprint density at radius 1 is 1.11 bits per heavy atom. The molecule has 2 N–H and O–H groups in total. The summed E-state index contributed by atoms with van der Waals surface area (Å²) in [5, 5.41) is 16.7. The molecule has 1 aliphatic heterocycles. The lowest BCUT2D eigenvalue weighted by Crippen LogP contribution is -2.51. The van der Waals surface area contributed by atoms with Gasteiger partial charge in [0.05, 0.1) is 29.3 Å². The quantitative estimate of drug-likeness (QED) is 0.374. The lowest BCUT2D eigenvalue weighted by molar-refractivity contribution is -0.385. The van der Waals surface area contributed by atoms with Crippen LogP contribution >= 0.6 is 0 Å². The van der Waals surface area contributed by atoms with Gasteiger partial charge in [0.2, 0.25) is 11.8 Å². The number of carbonyl (C=O) groups is 2. The molecule has 154 valence electrons. The van der Waals surface area contributed by atoms with Crippen molar-refractivity contribution in [3.05, 3.63) is 33.9 Å². The van der Waals surface area contributed by atoms with Crippen LogP contribution in [-0.4, -0.2) is 72.4 Å². The molecule has 0 bridgehead atoms. The Labute approximate surface area is 165 Å². The van der Waals surface area contributed by atoms with E-state index in [2.05, 4.69) is 22.5 Å². The van der Waals surface area contributed by atoms with Gasteiger partial charge >= 0.3 is 0 Å². The molecule has 1 aromatic carbocycles. The van der Waals surface area contributed by atoms with Crippen LogP contribution in [0.5, 0.6) is 0 Å². The Hall–Kier alpha value is -2.52. The lowest BCUT2D eigenvalue weighted by Gasteiger charge is -2.33. The van der Waals surface area contributed by atoms with Crippen molar-refractivity contribution >= 4 is 23.2 Å². The molecule has 28 heavy (non-hydrogen) atoms. The maximum Gasteiger partial charge on any atom is 0.274 e. The molecular weight excluding hydrogens is 362 g/mol. The Morgan fingerprint density at radius 2 is 1.71 bits per heavy atom. The van der Waals surface area contributed by atoms with Crippen molar-refractivity contribution in [1.29, 1.82) is 0 Å². The Morgan fingerprint density at radius 3 is 2.29 bits per heavy atom. The molecule has 2 amide bonds. The number of nitrogens with one attached hydrogen (secondary N) is 2. The monoisotopic (exact) mass is 391 g/mol. The van der Waals surface area contributed by atoms with Gasteiger partial charge in [-0.05, 0) is 19.4 Å². The van der Waals surface area contributed by atoms with E-state index >= 15 is 0 Å². The maximum atomic E-state index is 12.3. The van der Waals surface area contributed by atoms with E-state index in [0.717, 1.165) is 25.9 Å². The predicted molar refractivity (Wildman–Crippen MR) is 107 cm³/mol. The van der Waals surface area contributed by atoms with Crippen LogP contribution in [0, 0.1) is 17.0 Å². The average Bonchev–Trinajstić information content (AvgIpc) is 2.65. The summed E-state index contributed by atoms with van der Waals surface area (Å²) in [4.78, 5) is 38.9. The second kappa shape index (κ2) is 10.7. The highest BCUT2D eigenvalue weighted by atomic mass is 16.6. The minimum atomic E-state index is -0.456. The lowest BCUT2D eigenvalue weighted by atomic mass is 10.1. The molecule has 9 heteroatoms. The number of carbonyl (C=O) groups excluding carboxylic acids is 2. The molecule has 0 saturated carbocycles. The number of anilines is 1. The third-order valence-corrected chi connectivity index (χ3v) is 4.83. The minimum absolute atomic E-state index is 0.0105. The summed E-state index contributed by atoms with van der Waals surface area (Å²) in [6.07, 6.45) is 2.04. The summed E-state index contributed by atoms with van der Waals surface area (Å²) >= 11 is 0. The number of nitrogens with zero attached hydrogens (tertiary/aromatic N) is 3. The summed E-state index contributed by atoms with van der Waals surface area (Å²) < 4.78 is 0. The first-order chi connectivity index (χ1) is 13.4.